The zero-order valence-electron chi connectivity index (χ0n) is 26.3. The Bertz CT molecular complexity index is 2070. The Kier molecular flexibility index (Phi) is 7.06. The molecule has 0 saturated carbocycles. The van der Waals surface area contributed by atoms with Crippen molar-refractivity contribution in [3.63, 3.8) is 0 Å². The summed E-state index contributed by atoms with van der Waals surface area (Å²) in [4.78, 5) is 13.9. The number of esters is 1. The molecule has 9 rings (SSSR count). The maximum Gasteiger partial charge on any atom is 0.317 e. The number of aryl methyl sites for hydroxylation is 3. The first-order chi connectivity index (χ1) is 22.8. The van der Waals surface area contributed by atoms with Gasteiger partial charge in [-0.15, -0.1) is 0 Å². The van der Waals surface area contributed by atoms with E-state index in [1.54, 1.807) is 57.7 Å². The molecule has 4 aromatic rings. The highest BCUT2D eigenvalue weighted by molar-refractivity contribution is 7.92. The van der Waals surface area contributed by atoms with Gasteiger partial charge in [0.2, 0.25) is 0 Å². The second kappa shape index (κ2) is 11.2. The van der Waals surface area contributed by atoms with Crippen LogP contribution in [0.5, 0.6) is 23.0 Å². The van der Waals surface area contributed by atoms with Gasteiger partial charge in [-0.2, -0.15) is 0 Å². The SMILES string of the molecule is COc1ccc2c(c1)CCC1C3C(=O)OC(C=C3Oc3c(OC)ccc4c3-c3cc-2c(OC)cc3CC4)C1S(=O)(=O)c1ccccc1. The summed E-state index contributed by atoms with van der Waals surface area (Å²) >= 11 is 0. The number of carbonyl (C=O) groups excluding carboxylic acids is 1. The van der Waals surface area contributed by atoms with E-state index in [9.17, 15) is 13.2 Å². The van der Waals surface area contributed by atoms with Gasteiger partial charge in [0.25, 0.3) is 0 Å². The average Bonchev–Trinajstić information content (AvgIpc) is 3.10. The summed E-state index contributed by atoms with van der Waals surface area (Å²) < 4.78 is 58.8. The smallest absolute Gasteiger partial charge is 0.317 e. The second-order valence-corrected chi connectivity index (χ2v) is 14.5. The first-order valence-electron chi connectivity index (χ1n) is 15.8. The van der Waals surface area contributed by atoms with Crippen molar-refractivity contribution in [3.05, 3.63) is 101 Å². The summed E-state index contributed by atoms with van der Waals surface area (Å²) in [6.45, 7) is 0. The van der Waals surface area contributed by atoms with E-state index < -0.39 is 39.0 Å². The molecule has 2 aliphatic carbocycles. The zero-order valence-corrected chi connectivity index (χ0v) is 27.1. The molecule has 47 heavy (non-hydrogen) atoms. The van der Waals surface area contributed by atoms with Crippen molar-refractivity contribution in [1.29, 1.82) is 0 Å². The van der Waals surface area contributed by atoms with E-state index in [2.05, 4.69) is 18.2 Å². The Morgan fingerprint density at radius 2 is 1.51 bits per heavy atom. The van der Waals surface area contributed by atoms with Crippen LogP contribution in [-0.4, -0.2) is 47.1 Å². The summed E-state index contributed by atoms with van der Waals surface area (Å²) in [5.41, 5.74) is 6.92. The predicted molar refractivity (Wildman–Crippen MR) is 176 cm³/mol. The van der Waals surface area contributed by atoms with Crippen molar-refractivity contribution < 1.29 is 36.9 Å². The van der Waals surface area contributed by atoms with Crippen molar-refractivity contribution in [2.45, 2.75) is 41.9 Å². The maximum absolute atomic E-state index is 14.3. The molecule has 0 aromatic heterocycles. The topological polar surface area (TPSA) is 97.4 Å². The number of ether oxygens (including phenoxy) is 5. The minimum atomic E-state index is -3.91. The fourth-order valence-electron chi connectivity index (χ4n) is 7.89. The third-order valence-electron chi connectivity index (χ3n) is 10.1. The molecule has 4 aromatic carbocycles. The van der Waals surface area contributed by atoms with Gasteiger partial charge in [0, 0.05) is 17.0 Å². The molecule has 3 heterocycles. The van der Waals surface area contributed by atoms with Crippen molar-refractivity contribution in [1.82, 2.24) is 0 Å². The van der Waals surface area contributed by atoms with Crippen LogP contribution in [0.25, 0.3) is 22.3 Å². The molecule has 0 spiro atoms. The maximum atomic E-state index is 14.3. The summed E-state index contributed by atoms with van der Waals surface area (Å²) in [6.07, 6.45) is 3.13. The summed E-state index contributed by atoms with van der Waals surface area (Å²) in [5.74, 6) is 0.811. The summed E-state index contributed by atoms with van der Waals surface area (Å²) in [7, 11) is 0.983. The first-order valence-corrected chi connectivity index (χ1v) is 17.3. The Morgan fingerprint density at radius 3 is 2.28 bits per heavy atom. The molecule has 0 amide bonds. The monoisotopic (exact) mass is 650 g/mol. The van der Waals surface area contributed by atoms with Crippen LogP contribution in [0.4, 0.5) is 0 Å². The van der Waals surface area contributed by atoms with Crippen molar-refractivity contribution in [2.24, 2.45) is 11.8 Å². The van der Waals surface area contributed by atoms with Crippen LogP contribution in [0.2, 0.25) is 0 Å². The van der Waals surface area contributed by atoms with Gasteiger partial charge >= 0.3 is 5.97 Å². The Labute approximate surface area is 273 Å². The van der Waals surface area contributed by atoms with E-state index in [1.165, 1.54) is 0 Å². The number of methoxy groups -OCH3 is 3. The number of benzene rings is 4. The second-order valence-electron chi connectivity index (χ2n) is 12.4. The van der Waals surface area contributed by atoms with Crippen LogP contribution in [-0.2, 0) is 38.6 Å². The van der Waals surface area contributed by atoms with Crippen molar-refractivity contribution >= 4 is 15.8 Å². The number of rotatable bonds is 5. The predicted octanol–water partition coefficient (Wildman–Crippen LogP) is 6.37. The molecule has 240 valence electrons. The van der Waals surface area contributed by atoms with Gasteiger partial charge in [0.15, 0.2) is 21.3 Å². The summed E-state index contributed by atoms with van der Waals surface area (Å²) in [6, 6.07) is 22.5. The standard InChI is InChI=1S/C38H34O8S/c1-42-24-13-15-26-22(17-24)11-14-27-35-32(20-33(46-38(35)39)37(27)47(40,41)25-7-5-4-6-8-25)45-36-30(43-2)16-12-21-9-10-23-18-31(44-3)29(26)19-28(23)34(21)36/h4-8,12-13,15-20,27,33,35,37H,9-11,14H2,1-3H3. The largest absolute Gasteiger partial charge is 0.497 e. The fourth-order valence-corrected chi connectivity index (χ4v) is 9.98. The Hall–Kier alpha value is -4.76. The third-order valence-corrected chi connectivity index (χ3v) is 12.4. The molecular formula is C38H34O8S. The highest BCUT2D eigenvalue weighted by Gasteiger charge is 2.57. The molecule has 5 aliphatic rings. The van der Waals surface area contributed by atoms with Gasteiger partial charge in [-0.25, -0.2) is 8.42 Å². The van der Waals surface area contributed by atoms with Gasteiger partial charge in [-0.05, 0) is 102 Å². The lowest BCUT2D eigenvalue weighted by atomic mass is 9.75. The molecule has 1 fully saturated rings. The van der Waals surface area contributed by atoms with Crippen LogP contribution in [0, 0.1) is 11.8 Å². The van der Waals surface area contributed by atoms with E-state index in [0.29, 0.717) is 35.8 Å². The van der Waals surface area contributed by atoms with E-state index in [-0.39, 0.29) is 4.90 Å². The van der Waals surface area contributed by atoms with Crippen molar-refractivity contribution in [3.8, 4) is 45.3 Å². The average molecular weight is 651 g/mol. The van der Waals surface area contributed by atoms with Crippen LogP contribution in [0.3, 0.4) is 0 Å². The van der Waals surface area contributed by atoms with Gasteiger partial charge in [-0.3, -0.25) is 4.79 Å². The van der Waals surface area contributed by atoms with Gasteiger partial charge in [0.1, 0.15) is 34.5 Å². The van der Waals surface area contributed by atoms with E-state index >= 15 is 0 Å². The minimum Gasteiger partial charge on any atom is -0.497 e. The van der Waals surface area contributed by atoms with E-state index in [1.807, 2.05) is 24.3 Å². The molecule has 3 aliphatic heterocycles. The molecule has 0 radical (unpaired) electrons. The van der Waals surface area contributed by atoms with Crippen LogP contribution in [0.15, 0.2) is 89.5 Å². The quantitative estimate of drug-likeness (QED) is 0.230. The number of hydrogen-bond acceptors (Lipinski definition) is 8. The van der Waals surface area contributed by atoms with Crippen LogP contribution < -0.4 is 18.9 Å². The third kappa shape index (κ3) is 4.62. The fraction of sp³-hybridized carbons (Fsp3) is 0.289. The number of fused-ring (bicyclic) bond motifs is 4. The van der Waals surface area contributed by atoms with Gasteiger partial charge in [-0.1, -0.05) is 30.3 Å². The van der Waals surface area contributed by atoms with Crippen LogP contribution >= 0.6 is 0 Å². The van der Waals surface area contributed by atoms with Crippen LogP contribution in [0.1, 0.15) is 23.1 Å². The Balaban J connectivity index is 1.40. The molecule has 4 atom stereocenters. The zero-order chi connectivity index (χ0) is 32.4. The van der Waals surface area contributed by atoms with Gasteiger partial charge in [0.05, 0.1) is 26.2 Å². The molecule has 1 saturated heterocycles. The normalized spacial score (nSPS) is 22.3. The Morgan fingerprint density at radius 1 is 0.745 bits per heavy atom. The summed E-state index contributed by atoms with van der Waals surface area (Å²) in [5, 5.41) is -0.993. The highest BCUT2D eigenvalue weighted by atomic mass is 32.2. The van der Waals surface area contributed by atoms with E-state index in [4.69, 9.17) is 23.7 Å². The lowest BCUT2D eigenvalue weighted by Crippen LogP contribution is -2.56. The lowest BCUT2D eigenvalue weighted by molar-refractivity contribution is -0.163. The van der Waals surface area contributed by atoms with Crippen molar-refractivity contribution in [2.75, 3.05) is 21.3 Å². The number of hydrogen-bond donors (Lipinski definition) is 0. The van der Waals surface area contributed by atoms with E-state index in [0.717, 1.165) is 57.5 Å². The molecular weight excluding hydrogens is 616 g/mol. The van der Waals surface area contributed by atoms with Gasteiger partial charge < -0.3 is 23.7 Å². The first kappa shape index (κ1) is 29.6. The molecule has 9 heteroatoms. The highest BCUT2D eigenvalue weighted by Crippen LogP contribution is 2.52. The number of sulfone groups is 1. The molecule has 6 bridgehead atoms. The molecule has 4 unspecified atom stereocenters. The number of carbonyl (C=O) groups is 1. The minimum absolute atomic E-state index is 0.196. The molecule has 0 N–H and O–H groups in total. The molecule has 8 nitrogen and oxygen atoms in total. The lowest BCUT2D eigenvalue weighted by Gasteiger charge is -2.45.